The average Bonchev–Trinajstić information content (AvgIpc) is 3.12. The van der Waals surface area contributed by atoms with Gasteiger partial charge in [-0.1, -0.05) is 0 Å². The number of pyridine rings is 1. The minimum atomic E-state index is -0.990. The van der Waals surface area contributed by atoms with Crippen LogP contribution in [0.25, 0.3) is 0 Å². The Kier molecular flexibility index (Phi) is 7.32. The number of hydrogen-bond donors (Lipinski definition) is 1. The number of likely N-dealkylation sites (tertiary alicyclic amines) is 1. The van der Waals surface area contributed by atoms with Crippen molar-refractivity contribution < 1.29 is 28.6 Å². The third-order valence-electron chi connectivity index (χ3n) is 7.14. The second kappa shape index (κ2) is 10.4. The van der Waals surface area contributed by atoms with Crippen molar-refractivity contribution >= 4 is 17.8 Å². The molecule has 0 bridgehead atoms. The topological polar surface area (TPSA) is 110 Å². The van der Waals surface area contributed by atoms with Crippen molar-refractivity contribution in [1.82, 2.24) is 20.1 Å². The van der Waals surface area contributed by atoms with Crippen LogP contribution in [-0.2, 0) is 22.6 Å². The smallest absolute Gasteiger partial charge is 0.325 e. The number of nitrogens with zero attached hydrogens (tertiary/aromatic N) is 3. The van der Waals surface area contributed by atoms with Gasteiger partial charge in [0, 0.05) is 25.5 Å². The molecule has 1 atom stereocenters. The Labute approximate surface area is 210 Å². The van der Waals surface area contributed by atoms with Crippen molar-refractivity contribution in [1.29, 1.82) is 0 Å². The van der Waals surface area contributed by atoms with Crippen molar-refractivity contribution in [2.45, 2.75) is 38.3 Å². The van der Waals surface area contributed by atoms with Gasteiger partial charge in [-0.15, -0.1) is 0 Å². The normalized spacial score (nSPS) is 20.3. The van der Waals surface area contributed by atoms with E-state index in [9.17, 15) is 14.4 Å². The zero-order valence-electron chi connectivity index (χ0n) is 21.1. The summed E-state index contributed by atoms with van der Waals surface area (Å²) in [6, 6.07) is 6.73. The van der Waals surface area contributed by atoms with Gasteiger partial charge in [0.15, 0.2) is 11.5 Å². The maximum Gasteiger partial charge on any atom is 0.325 e. The van der Waals surface area contributed by atoms with Crippen LogP contribution in [0.15, 0.2) is 36.7 Å². The predicted molar refractivity (Wildman–Crippen MR) is 131 cm³/mol. The molecule has 4 rings (SSSR count). The Morgan fingerprint density at radius 1 is 1.03 bits per heavy atom. The van der Waals surface area contributed by atoms with Crippen molar-refractivity contribution in [2.24, 2.45) is 5.92 Å². The number of benzene rings is 1. The minimum Gasteiger partial charge on any atom is -0.493 e. The Balaban J connectivity index is 1.38. The lowest BCUT2D eigenvalue weighted by Crippen LogP contribution is -2.54. The number of rotatable bonds is 8. The van der Waals surface area contributed by atoms with E-state index >= 15 is 0 Å². The first-order chi connectivity index (χ1) is 17.3. The molecule has 1 aromatic carbocycles. The van der Waals surface area contributed by atoms with E-state index in [-0.39, 0.29) is 36.7 Å². The molecular formula is C26H32N4O6. The number of aromatic nitrogens is 1. The quantitative estimate of drug-likeness (QED) is 0.559. The molecule has 10 nitrogen and oxygen atoms in total. The molecule has 192 valence electrons. The van der Waals surface area contributed by atoms with Gasteiger partial charge in [0.1, 0.15) is 5.54 Å². The van der Waals surface area contributed by atoms with Crippen LogP contribution in [0.4, 0.5) is 4.79 Å². The highest BCUT2D eigenvalue weighted by molar-refractivity contribution is 6.07. The molecule has 2 aromatic rings. The summed E-state index contributed by atoms with van der Waals surface area (Å²) in [5.74, 6) is 1.16. The fraction of sp³-hybridized carbons (Fsp3) is 0.462. The van der Waals surface area contributed by atoms with Crippen LogP contribution in [0.3, 0.4) is 0 Å². The van der Waals surface area contributed by atoms with E-state index in [1.54, 1.807) is 48.5 Å². The van der Waals surface area contributed by atoms with Crippen LogP contribution >= 0.6 is 0 Å². The number of hydrogen-bond acceptors (Lipinski definition) is 7. The van der Waals surface area contributed by atoms with Gasteiger partial charge in [0.25, 0.3) is 5.91 Å². The summed E-state index contributed by atoms with van der Waals surface area (Å²) in [6.07, 6.45) is 4.70. The Morgan fingerprint density at radius 3 is 2.19 bits per heavy atom. The highest BCUT2D eigenvalue weighted by Gasteiger charge is 2.52. The largest absolute Gasteiger partial charge is 0.493 e. The second-order valence-electron chi connectivity index (χ2n) is 9.24. The van der Waals surface area contributed by atoms with E-state index in [1.807, 2.05) is 0 Å². The Morgan fingerprint density at radius 2 is 1.64 bits per heavy atom. The third-order valence-corrected chi connectivity index (χ3v) is 7.14. The average molecular weight is 497 g/mol. The lowest BCUT2D eigenvalue weighted by atomic mass is 9.78. The van der Waals surface area contributed by atoms with Gasteiger partial charge in [0.05, 0.1) is 34.3 Å². The Bertz CT molecular complexity index is 1110. The monoisotopic (exact) mass is 496 g/mol. The number of ether oxygens (including phenoxy) is 3. The number of carbonyl (C=O) groups excluding carboxylic acids is 3. The lowest BCUT2D eigenvalue weighted by molar-refractivity contribution is -0.135. The summed E-state index contributed by atoms with van der Waals surface area (Å²) in [4.78, 5) is 46.0. The van der Waals surface area contributed by atoms with Crippen molar-refractivity contribution in [2.75, 3.05) is 34.4 Å². The number of carbonyl (C=O) groups is 3. The van der Waals surface area contributed by atoms with E-state index < -0.39 is 5.54 Å². The minimum absolute atomic E-state index is 0.0195. The molecular weight excluding hydrogens is 464 g/mol. The SMILES string of the molecule is COc1cc(CC(=O)N2CCC([C@]3(C)NC(=O)N(Cc4ccncc4)C3=O)CC2)cc(OC)c1OC. The summed E-state index contributed by atoms with van der Waals surface area (Å²) in [7, 11) is 4.61. The van der Waals surface area contributed by atoms with Gasteiger partial charge in [-0.05, 0) is 61.1 Å². The number of amides is 4. The molecule has 2 fully saturated rings. The van der Waals surface area contributed by atoms with Crippen LogP contribution in [0, 0.1) is 5.92 Å². The van der Waals surface area contributed by atoms with Gasteiger partial charge >= 0.3 is 6.03 Å². The molecule has 1 N–H and O–H groups in total. The van der Waals surface area contributed by atoms with Crippen LogP contribution in [0.2, 0.25) is 0 Å². The summed E-state index contributed by atoms with van der Waals surface area (Å²) >= 11 is 0. The molecule has 0 unspecified atom stereocenters. The van der Waals surface area contributed by atoms with E-state index in [0.29, 0.717) is 43.2 Å². The molecule has 4 amide bonds. The van der Waals surface area contributed by atoms with Crippen molar-refractivity contribution in [3.05, 3.63) is 47.8 Å². The van der Waals surface area contributed by atoms with E-state index in [0.717, 1.165) is 11.1 Å². The molecule has 2 saturated heterocycles. The third kappa shape index (κ3) is 4.80. The molecule has 1 aromatic heterocycles. The van der Waals surface area contributed by atoms with Crippen LogP contribution in [0.1, 0.15) is 30.9 Å². The van der Waals surface area contributed by atoms with Crippen LogP contribution < -0.4 is 19.5 Å². The highest BCUT2D eigenvalue weighted by Crippen LogP contribution is 2.39. The first kappa shape index (κ1) is 25.3. The van der Waals surface area contributed by atoms with Crippen LogP contribution in [-0.4, -0.2) is 72.6 Å². The van der Waals surface area contributed by atoms with Crippen molar-refractivity contribution in [3.63, 3.8) is 0 Å². The van der Waals surface area contributed by atoms with E-state index in [4.69, 9.17) is 14.2 Å². The molecule has 10 heteroatoms. The van der Waals surface area contributed by atoms with Gasteiger partial charge in [-0.25, -0.2) is 4.79 Å². The summed E-state index contributed by atoms with van der Waals surface area (Å²) in [5, 5.41) is 2.92. The van der Waals surface area contributed by atoms with Gasteiger partial charge in [-0.2, -0.15) is 0 Å². The first-order valence-electron chi connectivity index (χ1n) is 11.9. The Hall–Kier alpha value is -3.82. The summed E-state index contributed by atoms with van der Waals surface area (Å²) in [5.41, 5.74) is 0.606. The zero-order valence-corrected chi connectivity index (χ0v) is 21.1. The number of nitrogens with one attached hydrogen (secondary N) is 1. The van der Waals surface area contributed by atoms with Gasteiger partial charge in [-0.3, -0.25) is 19.5 Å². The first-order valence-corrected chi connectivity index (χ1v) is 11.9. The fourth-order valence-electron chi connectivity index (χ4n) is 5.04. The van der Waals surface area contributed by atoms with Gasteiger partial charge < -0.3 is 24.4 Å². The number of piperidine rings is 1. The molecule has 36 heavy (non-hydrogen) atoms. The molecule has 0 radical (unpaired) electrons. The standard InChI is InChI=1S/C26H32N4O6/c1-26(24(32)30(25(33)28-26)16-17-5-9-27-10-6-17)19-7-11-29(12-8-19)22(31)15-18-13-20(34-2)23(36-4)21(14-18)35-3/h5-6,9-10,13-14,19H,7-8,11-12,15-16H2,1-4H3,(H,28,33)/t26-/m0/s1. The molecule has 0 spiro atoms. The zero-order chi connectivity index (χ0) is 25.9. The van der Waals surface area contributed by atoms with Crippen LogP contribution in [0.5, 0.6) is 17.2 Å². The highest BCUT2D eigenvalue weighted by atomic mass is 16.5. The summed E-state index contributed by atoms with van der Waals surface area (Å²) in [6.45, 7) is 3.01. The molecule has 0 saturated carbocycles. The summed E-state index contributed by atoms with van der Waals surface area (Å²) < 4.78 is 16.1. The predicted octanol–water partition coefficient (Wildman–Crippen LogP) is 2.40. The molecule has 2 aliphatic rings. The van der Waals surface area contributed by atoms with Crippen molar-refractivity contribution in [3.8, 4) is 17.2 Å². The van der Waals surface area contributed by atoms with E-state index in [2.05, 4.69) is 10.3 Å². The lowest BCUT2D eigenvalue weighted by Gasteiger charge is -2.39. The number of urea groups is 1. The van der Waals surface area contributed by atoms with Gasteiger partial charge in [0.2, 0.25) is 11.7 Å². The second-order valence-corrected chi connectivity index (χ2v) is 9.24. The fourth-order valence-corrected chi connectivity index (χ4v) is 5.04. The van der Waals surface area contributed by atoms with E-state index in [1.165, 1.54) is 26.2 Å². The molecule has 3 heterocycles. The number of imide groups is 1. The molecule has 0 aliphatic carbocycles. The maximum atomic E-state index is 13.3. The number of methoxy groups -OCH3 is 3. The maximum absolute atomic E-state index is 13.3. The molecule has 2 aliphatic heterocycles.